The fourth-order valence-corrected chi connectivity index (χ4v) is 3.55. The van der Waals surface area contributed by atoms with Crippen molar-refractivity contribution in [2.75, 3.05) is 40.8 Å². The van der Waals surface area contributed by atoms with E-state index >= 15 is 0 Å². The second-order valence-electron chi connectivity index (χ2n) is 8.16. The number of nitrogens with zero attached hydrogens (tertiary/aromatic N) is 1. The highest BCUT2D eigenvalue weighted by Gasteiger charge is 2.19. The standard InChI is InChI=1S/C19H43N2O3P/c1-5-6-7-8-9-10-11-12-13-14-15-16-19-24-25(22,23)20-17-18-21(2,3)4/h5-19H2,1-4H3,(H-,20,22,23)/p+1. The third kappa shape index (κ3) is 20.2. The van der Waals surface area contributed by atoms with Crippen LogP contribution in [0.5, 0.6) is 0 Å². The van der Waals surface area contributed by atoms with Crippen molar-refractivity contribution in [2.24, 2.45) is 0 Å². The van der Waals surface area contributed by atoms with Crippen LogP contribution in [0.25, 0.3) is 0 Å². The van der Waals surface area contributed by atoms with Crippen molar-refractivity contribution in [3.05, 3.63) is 0 Å². The van der Waals surface area contributed by atoms with Gasteiger partial charge in [-0.15, -0.1) is 0 Å². The number of nitrogens with one attached hydrogen (secondary N) is 1. The van der Waals surface area contributed by atoms with E-state index in [4.69, 9.17) is 4.52 Å². The first-order chi connectivity index (χ1) is 11.8. The predicted molar refractivity (Wildman–Crippen MR) is 108 cm³/mol. The SMILES string of the molecule is CCCCCCCCCCCCCCOP(=O)(O)NCC[N+](C)(C)C. The molecule has 0 aliphatic heterocycles. The minimum atomic E-state index is -3.62. The van der Waals surface area contributed by atoms with E-state index in [0.717, 1.165) is 23.9 Å². The lowest BCUT2D eigenvalue weighted by atomic mass is 10.1. The summed E-state index contributed by atoms with van der Waals surface area (Å²) in [4.78, 5) is 9.70. The Bertz CT molecular complexity index is 346. The Morgan fingerprint density at radius 2 is 1.28 bits per heavy atom. The summed E-state index contributed by atoms with van der Waals surface area (Å²) in [6.45, 7) is 3.89. The zero-order chi connectivity index (χ0) is 19.0. The summed E-state index contributed by atoms with van der Waals surface area (Å²) in [7, 11) is 2.54. The molecule has 0 aliphatic rings. The lowest BCUT2D eigenvalue weighted by Crippen LogP contribution is -2.40. The molecular weight excluding hydrogens is 335 g/mol. The van der Waals surface area contributed by atoms with Crippen LogP contribution in [0.2, 0.25) is 0 Å². The maximum absolute atomic E-state index is 11.8. The first-order valence-electron chi connectivity index (χ1n) is 10.3. The number of hydrogen-bond acceptors (Lipinski definition) is 2. The number of hydrogen-bond donors (Lipinski definition) is 2. The van der Waals surface area contributed by atoms with E-state index in [2.05, 4.69) is 33.2 Å². The molecule has 0 radical (unpaired) electrons. The number of likely N-dealkylation sites (N-methyl/N-ethyl adjacent to an activating group) is 1. The van der Waals surface area contributed by atoms with Gasteiger partial charge in [0, 0.05) is 0 Å². The van der Waals surface area contributed by atoms with E-state index in [9.17, 15) is 9.46 Å². The van der Waals surface area contributed by atoms with Crippen molar-refractivity contribution in [3.8, 4) is 0 Å². The van der Waals surface area contributed by atoms with Crippen LogP contribution in [0.1, 0.15) is 84.0 Å². The minimum absolute atomic E-state index is 0.364. The summed E-state index contributed by atoms with van der Waals surface area (Å²) < 4.78 is 17.7. The topological polar surface area (TPSA) is 58.6 Å². The highest BCUT2D eigenvalue weighted by Crippen LogP contribution is 2.36. The Hall–Kier alpha value is 0.0700. The summed E-state index contributed by atoms with van der Waals surface area (Å²) in [5.41, 5.74) is 0. The largest absolute Gasteiger partial charge is 0.403 e. The van der Waals surface area contributed by atoms with Crippen LogP contribution >= 0.6 is 7.75 Å². The summed E-state index contributed by atoms with van der Waals surface area (Å²) in [6, 6.07) is 0. The average molecular weight is 380 g/mol. The first kappa shape index (κ1) is 25.1. The second kappa shape index (κ2) is 15.2. The van der Waals surface area contributed by atoms with Crippen LogP contribution < -0.4 is 5.09 Å². The fraction of sp³-hybridized carbons (Fsp3) is 1.00. The molecular formula is C19H44N2O3P+. The molecule has 5 nitrogen and oxygen atoms in total. The van der Waals surface area contributed by atoms with Crippen LogP contribution in [-0.4, -0.2) is 50.2 Å². The molecule has 0 aromatic carbocycles. The number of unbranched alkanes of at least 4 members (excludes halogenated alkanes) is 11. The Balaban J connectivity index is 3.35. The molecule has 0 aliphatic carbocycles. The molecule has 25 heavy (non-hydrogen) atoms. The molecule has 2 N–H and O–H groups in total. The lowest BCUT2D eigenvalue weighted by molar-refractivity contribution is -0.869. The summed E-state index contributed by atoms with van der Waals surface area (Å²) in [5.74, 6) is 0. The van der Waals surface area contributed by atoms with Crippen LogP contribution in [-0.2, 0) is 9.09 Å². The molecule has 0 bridgehead atoms. The molecule has 0 saturated heterocycles. The molecule has 0 fully saturated rings. The van der Waals surface area contributed by atoms with E-state index in [1.807, 2.05) is 0 Å². The van der Waals surface area contributed by atoms with Crippen molar-refractivity contribution in [3.63, 3.8) is 0 Å². The van der Waals surface area contributed by atoms with E-state index in [-0.39, 0.29) is 0 Å². The van der Waals surface area contributed by atoms with Crippen LogP contribution in [0.15, 0.2) is 0 Å². The van der Waals surface area contributed by atoms with E-state index in [0.29, 0.717) is 13.2 Å². The smallest absolute Gasteiger partial charge is 0.330 e. The molecule has 0 saturated carbocycles. The van der Waals surface area contributed by atoms with Gasteiger partial charge in [-0.1, -0.05) is 77.6 Å². The molecule has 0 rings (SSSR count). The van der Waals surface area contributed by atoms with Gasteiger partial charge in [0.05, 0.1) is 40.8 Å². The van der Waals surface area contributed by atoms with E-state index in [1.54, 1.807) is 0 Å². The molecule has 0 aromatic heterocycles. The van der Waals surface area contributed by atoms with Gasteiger partial charge in [0.1, 0.15) is 0 Å². The Morgan fingerprint density at radius 1 is 0.840 bits per heavy atom. The van der Waals surface area contributed by atoms with Crippen molar-refractivity contribution in [1.29, 1.82) is 0 Å². The molecule has 152 valence electrons. The quantitative estimate of drug-likeness (QED) is 0.198. The van der Waals surface area contributed by atoms with E-state index in [1.165, 1.54) is 64.2 Å². The van der Waals surface area contributed by atoms with Gasteiger partial charge in [-0.2, -0.15) is 0 Å². The predicted octanol–water partition coefficient (Wildman–Crippen LogP) is 5.10. The lowest BCUT2D eigenvalue weighted by Gasteiger charge is -2.24. The highest BCUT2D eigenvalue weighted by molar-refractivity contribution is 7.50. The maximum Gasteiger partial charge on any atom is 0.403 e. The molecule has 0 heterocycles. The fourth-order valence-electron chi connectivity index (χ4n) is 2.70. The Labute approximate surface area is 156 Å². The molecule has 0 aromatic rings. The monoisotopic (exact) mass is 379 g/mol. The van der Waals surface area contributed by atoms with Crippen LogP contribution in [0.4, 0.5) is 0 Å². The number of quaternary nitrogens is 1. The molecule has 1 unspecified atom stereocenters. The van der Waals surface area contributed by atoms with Crippen LogP contribution in [0, 0.1) is 0 Å². The van der Waals surface area contributed by atoms with Crippen molar-refractivity contribution >= 4 is 7.75 Å². The van der Waals surface area contributed by atoms with Gasteiger partial charge < -0.3 is 9.38 Å². The van der Waals surface area contributed by atoms with Gasteiger partial charge in [0.2, 0.25) is 0 Å². The molecule has 1 atom stereocenters. The third-order valence-corrected chi connectivity index (χ3v) is 5.51. The second-order valence-corrected chi connectivity index (χ2v) is 9.78. The van der Waals surface area contributed by atoms with Gasteiger partial charge in [-0.25, -0.2) is 9.65 Å². The summed E-state index contributed by atoms with van der Waals surface area (Å²) in [5, 5.41) is 2.63. The van der Waals surface area contributed by atoms with Crippen molar-refractivity contribution < 1.29 is 18.5 Å². The Kier molecular flexibility index (Phi) is 15.2. The minimum Gasteiger partial charge on any atom is -0.330 e. The molecule has 6 heteroatoms. The summed E-state index contributed by atoms with van der Waals surface area (Å²) in [6.07, 6.45) is 15.3. The zero-order valence-corrected chi connectivity index (χ0v) is 18.2. The maximum atomic E-state index is 11.8. The Morgan fingerprint density at radius 3 is 1.72 bits per heavy atom. The zero-order valence-electron chi connectivity index (χ0n) is 17.3. The van der Waals surface area contributed by atoms with Crippen molar-refractivity contribution in [2.45, 2.75) is 84.0 Å². The third-order valence-electron chi connectivity index (χ3n) is 4.36. The number of rotatable bonds is 18. The highest BCUT2D eigenvalue weighted by atomic mass is 31.2. The normalized spacial score (nSPS) is 14.6. The summed E-state index contributed by atoms with van der Waals surface area (Å²) >= 11 is 0. The van der Waals surface area contributed by atoms with Crippen LogP contribution in [0.3, 0.4) is 0 Å². The van der Waals surface area contributed by atoms with Gasteiger partial charge >= 0.3 is 7.75 Å². The molecule has 0 spiro atoms. The van der Waals surface area contributed by atoms with Crippen molar-refractivity contribution in [1.82, 2.24) is 5.09 Å². The van der Waals surface area contributed by atoms with Gasteiger partial charge in [-0.05, 0) is 6.42 Å². The van der Waals surface area contributed by atoms with E-state index < -0.39 is 7.75 Å². The van der Waals surface area contributed by atoms with Gasteiger partial charge in [0.15, 0.2) is 0 Å². The van der Waals surface area contributed by atoms with Gasteiger partial charge in [0.25, 0.3) is 0 Å². The average Bonchev–Trinajstić information content (AvgIpc) is 2.50. The first-order valence-corrected chi connectivity index (χ1v) is 11.9. The van der Waals surface area contributed by atoms with Gasteiger partial charge in [-0.3, -0.25) is 4.52 Å². The molecule has 0 amide bonds.